The van der Waals surface area contributed by atoms with Crippen molar-refractivity contribution >= 4 is 5.97 Å². The maximum absolute atomic E-state index is 12.3. The van der Waals surface area contributed by atoms with Gasteiger partial charge in [-0.15, -0.1) is 0 Å². The Morgan fingerprint density at radius 3 is 1.61 bits per heavy atom. The molecule has 2 aromatic carbocycles. The molecular formula is C34H36O12. The number of aliphatic hydroxyl groups excluding tert-OH is 8. The fourth-order valence-electron chi connectivity index (χ4n) is 6.79. The lowest BCUT2D eigenvalue weighted by molar-refractivity contribution is -0.214. The van der Waals surface area contributed by atoms with Gasteiger partial charge in [0.1, 0.15) is 61.0 Å². The van der Waals surface area contributed by atoms with Crippen molar-refractivity contribution in [2.45, 2.75) is 85.7 Å². The van der Waals surface area contributed by atoms with Crippen LogP contribution in [0.25, 0.3) is 11.1 Å². The number of esters is 1. The van der Waals surface area contributed by atoms with Crippen LogP contribution in [0.4, 0.5) is 0 Å². The van der Waals surface area contributed by atoms with E-state index in [-0.39, 0.29) is 19.0 Å². The molecule has 46 heavy (non-hydrogen) atoms. The Balaban J connectivity index is 1.34. The monoisotopic (exact) mass is 636 g/mol. The predicted octanol–water partition coefficient (Wildman–Crippen LogP) is -1.93. The van der Waals surface area contributed by atoms with Crippen molar-refractivity contribution < 1.29 is 59.9 Å². The van der Waals surface area contributed by atoms with E-state index in [1.54, 1.807) is 0 Å². The minimum Gasteiger partial charge on any atom is -0.466 e. The number of fused-ring (bicyclic) bond motifs is 5. The van der Waals surface area contributed by atoms with Crippen molar-refractivity contribution in [3.05, 3.63) is 58.7 Å². The van der Waals surface area contributed by atoms with E-state index in [1.165, 1.54) is 0 Å². The van der Waals surface area contributed by atoms with Crippen LogP contribution in [-0.4, -0.2) is 128 Å². The summed E-state index contributed by atoms with van der Waals surface area (Å²) in [6.07, 6.45) is -12.3. The highest BCUT2D eigenvalue weighted by atomic mass is 16.6. The van der Waals surface area contributed by atoms with Gasteiger partial charge in [-0.25, -0.2) is 0 Å². The summed E-state index contributed by atoms with van der Waals surface area (Å²) in [4.78, 5) is 12.3. The van der Waals surface area contributed by atoms with Crippen molar-refractivity contribution in [1.29, 1.82) is 0 Å². The second kappa shape index (κ2) is 13.0. The number of benzene rings is 2. The summed E-state index contributed by atoms with van der Waals surface area (Å²) in [6.45, 7) is -0.921. The summed E-state index contributed by atoms with van der Waals surface area (Å²) >= 11 is 0. The Morgan fingerprint density at radius 1 is 0.674 bits per heavy atom. The van der Waals surface area contributed by atoms with Gasteiger partial charge in [-0.2, -0.15) is 0 Å². The summed E-state index contributed by atoms with van der Waals surface area (Å²) in [7, 11) is 0. The molecule has 3 aliphatic heterocycles. The number of carbonyl (C=O) groups is 1. The number of hydrogen-bond acceptors (Lipinski definition) is 12. The van der Waals surface area contributed by atoms with Crippen molar-refractivity contribution in [3.8, 4) is 34.8 Å². The SMILES string of the molecule is O=C1CCC2(CCO1)c1cc(C#C[C@H]3O[C@H](CO)[C@@H](O)[C@H](O)[C@H]3O)ccc1-c1ccc(C#C[C@H]3O[C@H](CO)[C@@H](O)[C@H](O)[C@H]3O)cc12. The molecule has 0 bridgehead atoms. The quantitative estimate of drug-likeness (QED) is 0.134. The first-order chi connectivity index (χ1) is 22.1. The summed E-state index contributed by atoms with van der Waals surface area (Å²) < 4.78 is 16.5. The largest absolute Gasteiger partial charge is 0.466 e. The van der Waals surface area contributed by atoms with Gasteiger partial charge in [-0.05, 0) is 59.4 Å². The highest BCUT2D eigenvalue weighted by Gasteiger charge is 2.46. The van der Waals surface area contributed by atoms with Crippen LogP contribution in [0.15, 0.2) is 36.4 Å². The average molecular weight is 637 g/mol. The van der Waals surface area contributed by atoms with Crippen LogP contribution >= 0.6 is 0 Å². The maximum atomic E-state index is 12.3. The zero-order valence-corrected chi connectivity index (χ0v) is 24.7. The Labute approximate surface area is 264 Å². The summed E-state index contributed by atoms with van der Waals surface area (Å²) in [5, 5.41) is 80.3. The molecule has 0 radical (unpaired) electrons. The molecule has 6 rings (SSSR count). The van der Waals surface area contributed by atoms with Crippen LogP contribution < -0.4 is 0 Å². The molecule has 8 N–H and O–H groups in total. The van der Waals surface area contributed by atoms with E-state index in [1.807, 2.05) is 36.4 Å². The van der Waals surface area contributed by atoms with E-state index in [2.05, 4.69) is 23.7 Å². The van der Waals surface area contributed by atoms with Crippen molar-refractivity contribution in [2.75, 3.05) is 19.8 Å². The van der Waals surface area contributed by atoms with Crippen LogP contribution in [0.1, 0.15) is 41.5 Å². The van der Waals surface area contributed by atoms with Gasteiger partial charge >= 0.3 is 5.97 Å². The van der Waals surface area contributed by atoms with Crippen LogP contribution in [0.3, 0.4) is 0 Å². The van der Waals surface area contributed by atoms with Gasteiger partial charge in [-0.1, -0.05) is 35.8 Å². The van der Waals surface area contributed by atoms with Crippen LogP contribution in [-0.2, 0) is 24.4 Å². The summed E-state index contributed by atoms with van der Waals surface area (Å²) in [5.41, 5.74) is 4.29. The Bertz CT molecular complexity index is 1490. The second-order valence-corrected chi connectivity index (χ2v) is 12.1. The molecule has 3 heterocycles. The third-order valence-corrected chi connectivity index (χ3v) is 9.41. The van der Waals surface area contributed by atoms with E-state index in [0.29, 0.717) is 24.0 Å². The van der Waals surface area contributed by atoms with Gasteiger partial charge < -0.3 is 55.1 Å². The first-order valence-corrected chi connectivity index (χ1v) is 15.2. The highest BCUT2D eigenvalue weighted by molar-refractivity contribution is 5.83. The molecule has 2 aromatic rings. The summed E-state index contributed by atoms with van der Waals surface area (Å²) in [6, 6.07) is 11.3. The number of cyclic esters (lactones) is 1. The normalized spacial score (nSPS) is 34.7. The standard InChI is InChI=1S/C34H36O12/c35-15-25-30(40)32(42)28(38)23(45-25)7-3-17-1-5-19-20-6-2-18(4-8-24-29(39)33(43)31(41)26(16-36)46-24)14-22(20)34(21(19)13-17)10-9-27(37)44-12-11-34/h1-2,5-6,13-14,23-26,28-33,35-36,38-43H,9-12,15-16H2/t23-,24-,25-,26-,28+,29+,30-,31-,32-,33-/m1/s1. The zero-order chi connectivity index (χ0) is 32.7. The van der Waals surface area contributed by atoms with Crippen molar-refractivity contribution in [3.63, 3.8) is 0 Å². The summed E-state index contributed by atoms with van der Waals surface area (Å²) in [5.74, 6) is 11.3. The van der Waals surface area contributed by atoms with E-state index >= 15 is 0 Å². The average Bonchev–Trinajstić information content (AvgIpc) is 3.16. The Hall–Kier alpha value is -3.37. The van der Waals surface area contributed by atoms with E-state index in [0.717, 1.165) is 22.3 Å². The smallest absolute Gasteiger partial charge is 0.305 e. The fourth-order valence-corrected chi connectivity index (χ4v) is 6.79. The van der Waals surface area contributed by atoms with Crippen LogP contribution in [0.5, 0.6) is 0 Å². The molecule has 12 nitrogen and oxygen atoms in total. The number of carbonyl (C=O) groups excluding carboxylic acids is 1. The van der Waals surface area contributed by atoms with E-state index < -0.39 is 79.7 Å². The molecule has 0 saturated carbocycles. The Kier molecular flexibility index (Phi) is 9.22. The molecule has 4 aliphatic rings. The number of rotatable bonds is 2. The van der Waals surface area contributed by atoms with E-state index in [4.69, 9.17) is 14.2 Å². The van der Waals surface area contributed by atoms with Gasteiger partial charge in [0.15, 0.2) is 0 Å². The topological polar surface area (TPSA) is 207 Å². The molecule has 0 aromatic heterocycles. The van der Waals surface area contributed by atoms with Gasteiger partial charge in [0.25, 0.3) is 0 Å². The minimum atomic E-state index is -1.54. The molecule has 1 spiro atoms. The molecule has 12 heteroatoms. The molecule has 244 valence electrons. The van der Waals surface area contributed by atoms with Crippen LogP contribution in [0, 0.1) is 23.7 Å². The molecule has 10 atom stereocenters. The van der Waals surface area contributed by atoms with Gasteiger partial charge in [0, 0.05) is 23.0 Å². The minimum absolute atomic E-state index is 0.181. The zero-order valence-electron chi connectivity index (χ0n) is 24.7. The molecule has 0 amide bonds. The number of aliphatic hydroxyl groups is 8. The first kappa shape index (κ1) is 32.6. The molecule has 3 fully saturated rings. The van der Waals surface area contributed by atoms with Crippen LogP contribution in [0.2, 0.25) is 0 Å². The van der Waals surface area contributed by atoms with Gasteiger partial charge in [0.2, 0.25) is 0 Å². The molecular weight excluding hydrogens is 600 g/mol. The predicted molar refractivity (Wildman–Crippen MR) is 159 cm³/mol. The lowest BCUT2D eigenvalue weighted by Crippen LogP contribution is -2.58. The van der Waals surface area contributed by atoms with Gasteiger partial charge in [0.05, 0.1) is 19.8 Å². The molecule has 0 unspecified atom stereocenters. The van der Waals surface area contributed by atoms with E-state index in [9.17, 15) is 45.6 Å². The second-order valence-electron chi connectivity index (χ2n) is 12.1. The fraction of sp³-hybridized carbons (Fsp3) is 0.500. The van der Waals surface area contributed by atoms with Crippen molar-refractivity contribution in [2.24, 2.45) is 0 Å². The lowest BCUT2D eigenvalue weighted by atomic mass is 9.72. The molecule has 1 aliphatic carbocycles. The third-order valence-electron chi connectivity index (χ3n) is 9.41. The first-order valence-electron chi connectivity index (χ1n) is 15.2. The number of ether oxygens (including phenoxy) is 3. The maximum Gasteiger partial charge on any atom is 0.305 e. The lowest BCUT2D eigenvalue weighted by Gasteiger charge is -2.37. The molecule has 3 saturated heterocycles. The highest BCUT2D eigenvalue weighted by Crippen LogP contribution is 2.54. The third kappa shape index (κ3) is 5.72. The van der Waals surface area contributed by atoms with Gasteiger partial charge in [-0.3, -0.25) is 4.79 Å². The van der Waals surface area contributed by atoms with Crippen molar-refractivity contribution in [1.82, 2.24) is 0 Å². The Morgan fingerprint density at radius 2 is 1.15 bits per heavy atom. The number of hydrogen-bond donors (Lipinski definition) is 8.